The van der Waals surface area contributed by atoms with Gasteiger partial charge in [0, 0.05) is 21.8 Å². The summed E-state index contributed by atoms with van der Waals surface area (Å²) in [4.78, 5) is 0. The summed E-state index contributed by atoms with van der Waals surface area (Å²) < 4.78 is 8.80. The Morgan fingerprint density at radius 1 is 0.375 bits per heavy atom. The number of para-hydroxylation sites is 2. The smallest absolute Gasteiger partial charge is 0.137 e. The van der Waals surface area contributed by atoms with Crippen LogP contribution in [0.4, 0.5) is 0 Å². The lowest BCUT2D eigenvalue weighted by Crippen LogP contribution is -1.95. The molecule has 2 nitrogen and oxygen atoms in total. The first kappa shape index (κ1) is 25.8. The van der Waals surface area contributed by atoms with Crippen molar-refractivity contribution >= 4 is 76.1 Å². The number of furan rings is 1. The molecule has 222 valence electrons. The van der Waals surface area contributed by atoms with Gasteiger partial charge in [-0.15, -0.1) is 0 Å². The van der Waals surface area contributed by atoms with Crippen LogP contribution in [0.25, 0.3) is 104 Å². The van der Waals surface area contributed by atoms with Crippen LogP contribution in [0.15, 0.2) is 168 Å². The van der Waals surface area contributed by atoms with Crippen molar-refractivity contribution in [2.75, 3.05) is 0 Å². The van der Waals surface area contributed by atoms with Gasteiger partial charge in [-0.3, -0.25) is 0 Å². The minimum atomic E-state index is 0.908. The fourth-order valence-electron chi connectivity index (χ4n) is 8.27. The van der Waals surface area contributed by atoms with Crippen molar-refractivity contribution < 1.29 is 4.42 Å². The monoisotopic (exact) mass is 609 g/mol. The highest BCUT2D eigenvalue weighted by atomic mass is 16.3. The summed E-state index contributed by atoms with van der Waals surface area (Å²) >= 11 is 0. The van der Waals surface area contributed by atoms with Crippen molar-refractivity contribution in [2.45, 2.75) is 0 Å². The molecule has 0 unspecified atom stereocenters. The maximum Gasteiger partial charge on any atom is 0.137 e. The Morgan fingerprint density at radius 2 is 1.00 bits per heavy atom. The minimum Gasteiger partial charge on any atom is -0.456 e. The molecule has 2 aromatic heterocycles. The fourth-order valence-corrected chi connectivity index (χ4v) is 8.27. The Kier molecular flexibility index (Phi) is 5.14. The Morgan fingerprint density at radius 3 is 1.79 bits per heavy atom. The van der Waals surface area contributed by atoms with Gasteiger partial charge in [0.25, 0.3) is 0 Å². The van der Waals surface area contributed by atoms with Gasteiger partial charge < -0.3 is 8.98 Å². The zero-order valence-corrected chi connectivity index (χ0v) is 25.9. The first-order valence-electron chi connectivity index (χ1n) is 16.5. The van der Waals surface area contributed by atoms with E-state index in [1.165, 1.54) is 76.4 Å². The van der Waals surface area contributed by atoms with Crippen molar-refractivity contribution in [3.63, 3.8) is 0 Å². The van der Waals surface area contributed by atoms with Crippen molar-refractivity contribution in [3.8, 4) is 27.9 Å². The molecule has 2 heterocycles. The normalized spacial score (nSPS) is 12.2. The Labute approximate surface area is 276 Å². The molecule has 0 atom stereocenters. The standard InChI is InChI=1S/C46H27NO/c1-2-9-28(10-3-1)33-21-17-29-20-24-37-34(22-18-30-19-23-36(33)43(29)44(30)37)31-11-8-12-32(27-31)47-40-15-6-4-13-35(40)38-25-26-42-45(46(38)47)39-14-5-7-16-41(39)48-42/h1-27H. The summed E-state index contributed by atoms with van der Waals surface area (Å²) in [5, 5.41) is 12.5. The Hall–Kier alpha value is -6.38. The van der Waals surface area contributed by atoms with Crippen LogP contribution in [0.5, 0.6) is 0 Å². The molecule has 0 amide bonds. The Balaban J connectivity index is 1.19. The van der Waals surface area contributed by atoms with Crippen LogP contribution in [-0.4, -0.2) is 4.57 Å². The summed E-state index contributed by atoms with van der Waals surface area (Å²) in [7, 11) is 0. The quantitative estimate of drug-likeness (QED) is 0.182. The van der Waals surface area contributed by atoms with Crippen LogP contribution in [0, 0.1) is 0 Å². The molecular formula is C46H27NO. The fraction of sp³-hybridized carbons (Fsp3) is 0. The van der Waals surface area contributed by atoms with Gasteiger partial charge in [0.2, 0.25) is 0 Å². The average Bonchev–Trinajstić information content (AvgIpc) is 3.70. The van der Waals surface area contributed by atoms with Gasteiger partial charge in [0.1, 0.15) is 11.2 Å². The summed E-state index contributed by atoms with van der Waals surface area (Å²) in [6.45, 7) is 0. The van der Waals surface area contributed by atoms with Crippen LogP contribution >= 0.6 is 0 Å². The Bertz CT molecular complexity index is 3050. The molecule has 0 N–H and O–H groups in total. The third-order valence-corrected chi connectivity index (χ3v) is 10.3. The predicted octanol–water partition coefficient (Wildman–Crippen LogP) is 12.9. The second-order valence-corrected chi connectivity index (χ2v) is 12.9. The van der Waals surface area contributed by atoms with Crippen LogP contribution in [0.2, 0.25) is 0 Å². The molecule has 0 radical (unpaired) electrons. The van der Waals surface area contributed by atoms with Gasteiger partial charge in [-0.25, -0.2) is 0 Å². The molecule has 0 aliphatic rings. The molecule has 48 heavy (non-hydrogen) atoms. The first-order valence-corrected chi connectivity index (χ1v) is 16.5. The van der Waals surface area contributed by atoms with Crippen LogP contribution in [0.1, 0.15) is 0 Å². The zero-order chi connectivity index (χ0) is 31.3. The van der Waals surface area contributed by atoms with E-state index in [0.29, 0.717) is 0 Å². The van der Waals surface area contributed by atoms with E-state index in [-0.39, 0.29) is 0 Å². The molecule has 11 aromatic rings. The molecule has 0 aliphatic carbocycles. The number of fused-ring (bicyclic) bond motifs is 7. The highest BCUT2D eigenvalue weighted by Crippen LogP contribution is 2.44. The van der Waals surface area contributed by atoms with Gasteiger partial charge in [-0.1, -0.05) is 127 Å². The number of rotatable bonds is 3. The molecule has 0 bridgehead atoms. The van der Waals surface area contributed by atoms with Crippen molar-refractivity contribution in [1.82, 2.24) is 4.57 Å². The van der Waals surface area contributed by atoms with E-state index in [2.05, 4.69) is 162 Å². The van der Waals surface area contributed by atoms with Crippen LogP contribution in [0.3, 0.4) is 0 Å². The lowest BCUT2D eigenvalue weighted by Gasteiger charge is -2.17. The van der Waals surface area contributed by atoms with Crippen molar-refractivity contribution in [2.24, 2.45) is 0 Å². The molecule has 0 aliphatic heterocycles. The van der Waals surface area contributed by atoms with Gasteiger partial charge in [0.15, 0.2) is 0 Å². The number of benzene rings is 9. The second kappa shape index (κ2) is 9.57. The molecule has 0 saturated carbocycles. The number of aromatic nitrogens is 1. The van der Waals surface area contributed by atoms with E-state index in [4.69, 9.17) is 4.42 Å². The van der Waals surface area contributed by atoms with Crippen molar-refractivity contribution in [1.29, 1.82) is 0 Å². The van der Waals surface area contributed by atoms with E-state index in [0.717, 1.165) is 27.6 Å². The average molecular weight is 610 g/mol. The lowest BCUT2D eigenvalue weighted by molar-refractivity contribution is 0.669. The topological polar surface area (TPSA) is 18.1 Å². The zero-order valence-electron chi connectivity index (χ0n) is 25.9. The molecule has 0 spiro atoms. The molecular weight excluding hydrogens is 583 g/mol. The third kappa shape index (κ3) is 3.46. The molecule has 0 fully saturated rings. The van der Waals surface area contributed by atoms with Crippen LogP contribution < -0.4 is 0 Å². The molecule has 0 saturated heterocycles. The summed E-state index contributed by atoms with van der Waals surface area (Å²) in [5.41, 5.74) is 10.3. The van der Waals surface area contributed by atoms with Gasteiger partial charge in [0.05, 0.1) is 16.4 Å². The first-order chi connectivity index (χ1) is 23.8. The van der Waals surface area contributed by atoms with E-state index in [1.54, 1.807) is 0 Å². The minimum absolute atomic E-state index is 0.908. The second-order valence-electron chi connectivity index (χ2n) is 12.9. The van der Waals surface area contributed by atoms with Gasteiger partial charge in [-0.05, 0) is 91.0 Å². The highest BCUT2D eigenvalue weighted by molar-refractivity contribution is 6.28. The van der Waals surface area contributed by atoms with Gasteiger partial charge >= 0.3 is 0 Å². The highest BCUT2D eigenvalue weighted by Gasteiger charge is 2.20. The predicted molar refractivity (Wildman–Crippen MR) is 203 cm³/mol. The third-order valence-electron chi connectivity index (χ3n) is 10.3. The lowest BCUT2D eigenvalue weighted by atomic mass is 9.87. The maximum atomic E-state index is 6.37. The summed E-state index contributed by atoms with van der Waals surface area (Å²) in [5.74, 6) is 0. The van der Waals surface area contributed by atoms with E-state index in [1.807, 2.05) is 6.07 Å². The molecule has 9 aromatic carbocycles. The number of hydrogen-bond donors (Lipinski definition) is 0. The number of hydrogen-bond acceptors (Lipinski definition) is 1. The van der Waals surface area contributed by atoms with Crippen LogP contribution in [-0.2, 0) is 0 Å². The molecule has 11 rings (SSSR count). The van der Waals surface area contributed by atoms with E-state index in [9.17, 15) is 0 Å². The summed E-state index contributed by atoms with van der Waals surface area (Å²) in [6.07, 6.45) is 0. The van der Waals surface area contributed by atoms with Crippen molar-refractivity contribution in [3.05, 3.63) is 164 Å². The molecule has 2 heteroatoms. The SMILES string of the molecule is c1ccc(-c2ccc3ccc4c(-c5cccc(-n6c7ccccc7c7ccc8oc9ccccc9c8c76)c5)ccc5ccc2c3c54)cc1. The summed E-state index contributed by atoms with van der Waals surface area (Å²) in [6, 6.07) is 59.6. The van der Waals surface area contributed by atoms with Gasteiger partial charge in [-0.2, -0.15) is 0 Å². The van der Waals surface area contributed by atoms with E-state index >= 15 is 0 Å². The van der Waals surface area contributed by atoms with E-state index < -0.39 is 0 Å². The maximum absolute atomic E-state index is 6.37. The number of nitrogens with zero attached hydrogens (tertiary/aromatic N) is 1. The largest absolute Gasteiger partial charge is 0.456 e.